The number of nitrogens with one attached hydrogen (secondary N) is 1. The molecule has 0 aliphatic carbocycles. The zero-order valence-electron chi connectivity index (χ0n) is 10.5. The second kappa shape index (κ2) is 4.43. The zero-order chi connectivity index (χ0) is 14.5. The van der Waals surface area contributed by atoms with Gasteiger partial charge in [0, 0.05) is 12.3 Å². The van der Waals surface area contributed by atoms with Crippen molar-refractivity contribution in [3.8, 4) is 0 Å². The molecule has 3 heterocycles. The maximum atomic E-state index is 11.9. The monoisotopic (exact) mass is 301 g/mol. The summed E-state index contributed by atoms with van der Waals surface area (Å²) in [6.07, 6.45) is -0.0311. The van der Waals surface area contributed by atoms with Crippen molar-refractivity contribution in [2.45, 2.75) is 29.2 Å². The van der Waals surface area contributed by atoms with Crippen molar-refractivity contribution in [2.24, 2.45) is 5.73 Å². The molecule has 0 aromatic carbocycles. The predicted octanol–water partition coefficient (Wildman–Crippen LogP) is -2.05. The number of nitrogens with two attached hydrogens (primary N) is 1. The zero-order valence-corrected chi connectivity index (χ0v) is 11.3. The Kier molecular flexibility index (Phi) is 3.07. The first-order valence-electron chi connectivity index (χ1n) is 6.14. The van der Waals surface area contributed by atoms with Crippen LogP contribution in [0, 0.1) is 0 Å². The maximum absolute atomic E-state index is 11.9. The van der Waals surface area contributed by atoms with Gasteiger partial charge in [-0.25, -0.2) is 4.79 Å². The van der Waals surface area contributed by atoms with E-state index in [4.69, 9.17) is 10.5 Å². The molecule has 1 spiro atoms. The Balaban J connectivity index is 2.08. The van der Waals surface area contributed by atoms with E-state index < -0.39 is 40.7 Å². The number of aliphatic hydroxyl groups is 2. The summed E-state index contributed by atoms with van der Waals surface area (Å²) in [5, 5.41) is 19.7. The summed E-state index contributed by atoms with van der Waals surface area (Å²) in [5.41, 5.74) is 3.11. The summed E-state index contributed by atoms with van der Waals surface area (Å²) >= 11 is 1.44. The highest BCUT2D eigenvalue weighted by atomic mass is 32.2. The van der Waals surface area contributed by atoms with E-state index in [1.165, 1.54) is 28.6 Å². The Morgan fingerprint density at radius 1 is 1.60 bits per heavy atom. The standard InChI is InChI=1S/C11H15N3O5S/c12-11(5-15)7(17)10(2-4-20-10)8(19-11)14-3-1-6(16)13-9(14)18/h1,3,7-8,15,17H,2,4-5,12H2,(H,13,16,18)/t7-,8+,10+,11+/m0/s1. The highest BCUT2D eigenvalue weighted by molar-refractivity contribution is 8.02. The maximum Gasteiger partial charge on any atom is 0.330 e. The molecule has 3 rings (SSSR count). The van der Waals surface area contributed by atoms with Crippen LogP contribution in [0.25, 0.3) is 0 Å². The number of aromatic nitrogens is 2. The van der Waals surface area contributed by atoms with Crippen LogP contribution in [0.15, 0.2) is 21.9 Å². The lowest BCUT2D eigenvalue weighted by atomic mass is 9.91. The number of hydrogen-bond donors (Lipinski definition) is 4. The molecule has 8 nitrogen and oxygen atoms in total. The van der Waals surface area contributed by atoms with Gasteiger partial charge in [0.25, 0.3) is 5.56 Å². The van der Waals surface area contributed by atoms with Gasteiger partial charge in [-0.1, -0.05) is 0 Å². The molecule has 0 unspecified atom stereocenters. The van der Waals surface area contributed by atoms with Crippen molar-refractivity contribution in [3.63, 3.8) is 0 Å². The van der Waals surface area contributed by atoms with E-state index in [1.807, 2.05) is 0 Å². The second-order valence-electron chi connectivity index (χ2n) is 5.06. The Labute approximate surface area is 117 Å². The van der Waals surface area contributed by atoms with Gasteiger partial charge in [0.2, 0.25) is 0 Å². The summed E-state index contributed by atoms with van der Waals surface area (Å²) in [5.74, 6) is 0.802. The van der Waals surface area contributed by atoms with E-state index in [0.29, 0.717) is 6.42 Å². The van der Waals surface area contributed by atoms with Crippen molar-refractivity contribution in [1.82, 2.24) is 9.55 Å². The average Bonchev–Trinajstić information content (AvgIpc) is 2.59. The third-order valence-corrected chi connectivity index (χ3v) is 5.46. The summed E-state index contributed by atoms with van der Waals surface area (Å²) in [6, 6.07) is 1.20. The first-order chi connectivity index (χ1) is 9.43. The van der Waals surface area contributed by atoms with Crippen molar-refractivity contribution in [2.75, 3.05) is 12.4 Å². The molecule has 110 valence electrons. The van der Waals surface area contributed by atoms with Crippen LogP contribution in [0.4, 0.5) is 0 Å². The van der Waals surface area contributed by atoms with Crippen LogP contribution in [0.3, 0.4) is 0 Å². The van der Waals surface area contributed by atoms with Crippen LogP contribution < -0.4 is 17.0 Å². The van der Waals surface area contributed by atoms with E-state index in [-0.39, 0.29) is 0 Å². The Bertz CT molecular complexity index is 639. The smallest absolute Gasteiger partial charge is 0.330 e. The van der Waals surface area contributed by atoms with E-state index in [9.17, 15) is 19.8 Å². The van der Waals surface area contributed by atoms with Crippen molar-refractivity contribution in [3.05, 3.63) is 33.1 Å². The molecule has 5 N–H and O–H groups in total. The molecule has 1 aromatic rings. The number of ether oxygens (including phenoxy) is 1. The summed E-state index contributed by atoms with van der Waals surface area (Å²) < 4.78 is 5.99. The second-order valence-corrected chi connectivity index (χ2v) is 6.51. The van der Waals surface area contributed by atoms with Gasteiger partial charge in [0.1, 0.15) is 6.10 Å². The highest BCUT2D eigenvalue weighted by Gasteiger charge is 2.66. The van der Waals surface area contributed by atoms with Crippen LogP contribution in [-0.2, 0) is 4.74 Å². The fourth-order valence-electron chi connectivity index (χ4n) is 2.70. The minimum atomic E-state index is -1.62. The third kappa shape index (κ3) is 1.71. The number of rotatable bonds is 2. The summed E-state index contributed by atoms with van der Waals surface area (Å²) in [6.45, 7) is -0.564. The molecule has 0 radical (unpaired) electrons. The van der Waals surface area contributed by atoms with Gasteiger partial charge in [-0.3, -0.25) is 20.1 Å². The molecule has 1 aromatic heterocycles. The Morgan fingerprint density at radius 2 is 2.30 bits per heavy atom. The molecule has 0 amide bonds. The third-order valence-electron chi connectivity index (χ3n) is 3.89. The highest BCUT2D eigenvalue weighted by Crippen LogP contribution is 2.58. The number of nitrogens with zero attached hydrogens (tertiary/aromatic N) is 1. The summed E-state index contributed by atoms with van der Waals surface area (Å²) in [7, 11) is 0. The minimum absolute atomic E-state index is 0.513. The number of hydrogen-bond acceptors (Lipinski definition) is 7. The molecule has 0 bridgehead atoms. The largest absolute Gasteiger partial charge is 0.392 e. The van der Waals surface area contributed by atoms with Gasteiger partial charge in [-0.05, 0) is 12.2 Å². The molecular formula is C11H15N3O5S. The first kappa shape index (κ1) is 13.8. The number of aromatic amines is 1. The van der Waals surface area contributed by atoms with Crippen LogP contribution in [0.5, 0.6) is 0 Å². The summed E-state index contributed by atoms with van der Waals surface area (Å²) in [4.78, 5) is 25.2. The van der Waals surface area contributed by atoms with Gasteiger partial charge in [0.15, 0.2) is 12.0 Å². The lowest BCUT2D eigenvalue weighted by Gasteiger charge is -2.43. The molecular weight excluding hydrogens is 286 g/mol. The normalized spacial score (nSPS) is 40.0. The molecule has 4 atom stereocenters. The Morgan fingerprint density at radius 3 is 2.80 bits per heavy atom. The SMILES string of the molecule is N[C@]1(CO)O[C@@H](n2ccc(=O)[nH]c2=O)[C@@]2(CCS2)[C@@H]1O. The van der Waals surface area contributed by atoms with E-state index >= 15 is 0 Å². The van der Waals surface area contributed by atoms with Crippen molar-refractivity contribution < 1.29 is 14.9 Å². The van der Waals surface area contributed by atoms with Crippen LogP contribution >= 0.6 is 11.8 Å². The van der Waals surface area contributed by atoms with Gasteiger partial charge < -0.3 is 14.9 Å². The quantitative estimate of drug-likeness (QED) is 0.494. The molecule has 2 aliphatic rings. The number of H-pyrrole nitrogens is 1. The van der Waals surface area contributed by atoms with E-state index in [1.54, 1.807) is 0 Å². The lowest BCUT2D eigenvalue weighted by molar-refractivity contribution is -0.125. The van der Waals surface area contributed by atoms with E-state index in [2.05, 4.69) is 4.98 Å². The predicted molar refractivity (Wildman–Crippen MR) is 71.3 cm³/mol. The first-order valence-corrected chi connectivity index (χ1v) is 7.12. The number of aliphatic hydroxyl groups excluding tert-OH is 2. The molecule has 2 saturated heterocycles. The Hall–Kier alpha value is -1.13. The van der Waals surface area contributed by atoms with Gasteiger partial charge in [0.05, 0.1) is 11.4 Å². The fourth-order valence-corrected chi connectivity index (χ4v) is 4.03. The van der Waals surface area contributed by atoms with Gasteiger partial charge in [-0.2, -0.15) is 0 Å². The van der Waals surface area contributed by atoms with Crippen LogP contribution in [0.1, 0.15) is 12.6 Å². The fraction of sp³-hybridized carbons (Fsp3) is 0.636. The molecule has 2 fully saturated rings. The minimum Gasteiger partial charge on any atom is -0.392 e. The topological polar surface area (TPSA) is 131 Å². The van der Waals surface area contributed by atoms with Crippen molar-refractivity contribution in [1.29, 1.82) is 0 Å². The lowest BCUT2D eigenvalue weighted by Crippen LogP contribution is -2.59. The molecule has 9 heteroatoms. The van der Waals surface area contributed by atoms with Gasteiger partial charge in [-0.15, -0.1) is 11.8 Å². The molecule has 20 heavy (non-hydrogen) atoms. The number of thioether (sulfide) groups is 1. The average molecular weight is 301 g/mol. The van der Waals surface area contributed by atoms with Crippen LogP contribution in [0.2, 0.25) is 0 Å². The molecule has 0 saturated carbocycles. The van der Waals surface area contributed by atoms with E-state index in [0.717, 1.165) is 5.75 Å². The van der Waals surface area contributed by atoms with Crippen molar-refractivity contribution >= 4 is 11.8 Å². The van der Waals surface area contributed by atoms with Crippen LogP contribution in [-0.4, -0.2) is 48.7 Å². The molecule has 2 aliphatic heterocycles. The van der Waals surface area contributed by atoms with Gasteiger partial charge >= 0.3 is 5.69 Å².